The minimum atomic E-state index is -0.189. The summed E-state index contributed by atoms with van der Waals surface area (Å²) >= 11 is 0. The van der Waals surface area contributed by atoms with Crippen molar-refractivity contribution in [1.82, 2.24) is 4.98 Å². The van der Waals surface area contributed by atoms with E-state index in [4.69, 9.17) is 16.2 Å². The lowest BCUT2D eigenvalue weighted by molar-refractivity contribution is -0.00977. The Morgan fingerprint density at radius 2 is 2.05 bits per heavy atom. The summed E-state index contributed by atoms with van der Waals surface area (Å²) in [5, 5.41) is 0. The fourth-order valence-corrected chi connectivity index (χ4v) is 3.23. The molecular weight excluding hydrogens is 250 g/mol. The molecule has 0 radical (unpaired) electrons. The second kappa shape index (κ2) is 7.04. The average Bonchev–Trinajstić information content (AvgIpc) is 2.47. The third-order valence-corrected chi connectivity index (χ3v) is 4.27. The quantitative estimate of drug-likeness (QED) is 0.867. The molecule has 1 heterocycles. The van der Waals surface area contributed by atoms with E-state index in [0.29, 0.717) is 18.3 Å². The van der Waals surface area contributed by atoms with Gasteiger partial charge in [-0.1, -0.05) is 19.3 Å². The highest BCUT2D eigenvalue weighted by Gasteiger charge is 2.31. The van der Waals surface area contributed by atoms with Crippen LogP contribution in [0.1, 0.15) is 56.2 Å². The maximum atomic E-state index is 6.48. The monoisotopic (exact) mass is 277 g/mol. The zero-order valence-electron chi connectivity index (χ0n) is 12.6. The van der Waals surface area contributed by atoms with Crippen molar-refractivity contribution in [3.8, 4) is 0 Å². The molecule has 4 nitrogen and oxygen atoms in total. The van der Waals surface area contributed by atoms with Crippen LogP contribution >= 0.6 is 0 Å². The minimum Gasteiger partial charge on any atom is -0.383 e. The van der Waals surface area contributed by atoms with Gasteiger partial charge < -0.3 is 16.2 Å². The van der Waals surface area contributed by atoms with E-state index in [1.807, 2.05) is 19.9 Å². The second-order valence-corrected chi connectivity index (χ2v) is 5.83. The van der Waals surface area contributed by atoms with Crippen LogP contribution in [0.4, 0.5) is 5.82 Å². The molecule has 1 aromatic heterocycles. The van der Waals surface area contributed by atoms with Crippen molar-refractivity contribution in [3.05, 3.63) is 23.4 Å². The van der Waals surface area contributed by atoms with Crippen molar-refractivity contribution in [3.63, 3.8) is 0 Å². The first-order valence-electron chi connectivity index (χ1n) is 7.72. The molecule has 0 saturated heterocycles. The first-order chi connectivity index (χ1) is 9.63. The van der Waals surface area contributed by atoms with Crippen LogP contribution in [0.3, 0.4) is 0 Å². The normalized spacial score (nSPS) is 19.8. The van der Waals surface area contributed by atoms with Crippen molar-refractivity contribution < 1.29 is 4.74 Å². The fourth-order valence-electron chi connectivity index (χ4n) is 3.23. The van der Waals surface area contributed by atoms with Gasteiger partial charge in [0.05, 0.1) is 12.1 Å². The van der Waals surface area contributed by atoms with Crippen LogP contribution in [0.5, 0.6) is 0 Å². The van der Waals surface area contributed by atoms with Gasteiger partial charge in [-0.15, -0.1) is 0 Å². The molecule has 20 heavy (non-hydrogen) atoms. The lowest BCUT2D eigenvalue weighted by Crippen LogP contribution is -2.37. The highest BCUT2D eigenvalue weighted by Crippen LogP contribution is 2.34. The van der Waals surface area contributed by atoms with Crippen LogP contribution in [0.15, 0.2) is 12.3 Å². The number of hydrogen-bond donors (Lipinski definition) is 2. The third-order valence-electron chi connectivity index (χ3n) is 4.27. The number of rotatable bonds is 5. The summed E-state index contributed by atoms with van der Waals surface area (Å²) in [5.74, 6) is 1.07. The molecule has 1 aromatic rings. The van der Waals surface area contributed by atoms with Crippen molar-refractivity contribution >= 4 is 5.82 Å². The van der Waals surface area contributed by atoms with E-state index in [1.54, 1.807) is 6.20 Å². The summed E-state index contributed by atoms with van der Waals surface area (Å²) in [7, 11) is 0. The molecule has 4 heteroatoms. The van der Waals surface area contributed by atoms with Crippen LogP contribution in [-0.2, 0) is 4.74 Å². The van der Waals surface area contributed by atoms with E-state index < -0.39 is 0 Å². The molecule has 0 aliphatic heterocycles. The van der Waals surface area contributed by atoms with Gasteiger partial charge in [0.2, 0.25) is 0 Å². The van der Waals surface area contributed by atoms with Gasteiger partial charge in [0.1, 0.15) is 5.82 Å². The summed E-state index contributed by atoms with van der Waals surface area (Å²) in [5.41, 5.74) is 14.5. The average molecular weight is 277 g/mol. The number of pyridine rings is 1. The Bertz CT molecular complexity index is 430. The largest absolute Gasteiger partial charge is 0.383 e. The van der Waals surface area contributed by atoms with Gasteiger partial charge in [0.15, 0.2) is 0 Å². The van der Waals surface area contributed by atoms with E-state index in [-0.39, 0.29) is 12.1 Å². The molecule has 2 unspecified atom stereocenters. The van der Waals surface area contributed by atoms with Crippen LogP contribution in [0.25, 0.3) is 0 Å². The first-order valence-corrected chi connectivity index (χ1v) is 7.72. The van der Waals surface area contributed by atoms with E-state index in [1.165, 1.54) is 32.1 Å². The molecule has 2 rings (SSSR count). The standard InChI is InChI=1S/C16H27N3O/c1-3-20-15(12-7-5-4-6-8-12)14(17)13-9-11(2)10-19-16(13)18/h9-10,12,14-15H,3-8,17H2,1-2H3,(H2,18,19). The first kappa shape index (κ1) is 15.3. The Morgan fingerprint density at radius 1 is 1.35 bits per heavy atom. The van der Waals surface area contributed by atoms with Gasteiger partial charge in [-0.2, -0.15) is 0 Å². The number of ether oxygens (including phenoxy) is 1. The Labute approximate surface area is 121 Å². The second-order valence-electron chi connectivity index (χ2n) is 5.83. The Kier molecular flexibility index (Phi) is 5.38. The Balaban J connectivity index is 2.20. The lowest BCUT2D eigenvalue weighted by atomic mass is 9.81. The maximum absolute atomic E-state index is 6.48. The molecule has 0 aromatic carbocycles. The highest BCUT2D eigenvalue weighted by molar-refractivity contribution is 5.43. The van der Waals surface area contributed by atoms with Gasteiger partial charge in [0.25, 0.3) is 0 Å². The Morgan fingerprint density at radius 3 is 2.70 bits per heavy atom. The fraction of sp³-hybridized carbons (Fsp3) is 0.688. The molecule has 1 fully saturated rings. The van der Waals surface area contributed by atoms with E-state index in [9.17, 15) is 0 Å². The van der Waals surface area contributed by atoms with Crippen LogP contribution in [0.2, 0.25) is 0 Å². The summed E-state index contributed by atoms with van der Waals surface area (Å²) in [6.07, 6.45) is 8.13. The van der Waals surface area contributed by atoms with Crippen molar-refractivity contribution in [2.24, 2.45) is 11.7 Å². The van der Waals surface area contributed by atoms with E-state index >= 15 is 0 Å². The van der Waals surface area contributed by atoms with Crippen molar-refractivity contribution in [2.75, 3.05) is 12.3 Å². The van der Waals surface area contributed by atoms with Crippen LogP contribution < -0.4 is 11.5 Å². The van der Waals surface area contributed by atoms with Crippen LogP contribution in [-0.4, -0.2) is 17.7 Å². The third kappa shape index (κ3) is 3.49. The molecule has 1 saturated carbocycles. The molecule has 2 atom stereocenters. The highest BCUT2D eigenvalue weighted by atomic mass is 16.5. The van der Waals surface area contributed by atoms with Gasteiger partial charge in [0, 0.05) is 18.4 Å². The zero-order chi connectivity index (χ0) is 14.5. The maximum Gasteiger partial charge on any atom is 0.128 e. The number of aromatic nitrogens is 1. The van der Waals surface area contributed by atoms with Crippen LogP contribution in [0, 0.1) is 12.8 Å². The smallest absolute Gasteiger partial charge is 0.128 e. The summed E-state index contributed by atoms with van der Waals surface area (Å²) < 4.78 is 5.98. The van der Waals surface area contributed by atoms with Gasteiger partial charge in [-0.05, 0) is 44.2 Å². The number of nitrogen functional groups attached to an aromatic ring is 1. The SMILES string of the molecule is CCOC(C1CCCCC1)C(N)c1cc(C)cnc1N. The summed E-state index contributed by atoms with van der Waals surface area (Å²) in [6.45, 7) is 4.73. The lowest BCUT2D eigenvalue weighted by Gasteiger charge is -2.34. The molecular formula is C16H27N3O. The molecule has 0 bridgehead atoms. The molecule has 4 N–H and O–H groups in total. The number of nitrogens with zero attached hydrogens (tertiary/aromatic N) is 1. The molecule has 0 amide bonds. The topological polar surface area (TPSA) is 74.2 Å². The van der Waals surface area contributed by atoms with Crippen molar-refractivity contribution in [2.45, 2.75) is 58.1 Å². The summed E-state index contributed by atoms with van der Waals surface area (Å²) in [4.78, 5) is 4.23. The van der Waals surface area contributed by atoms with E-state index in [0.717, 1.165) is 11.1 Å². The number of nitrogens with two attached hydrogens (primary N) is 2. The molecule has 112 valence electrons. The summed E-state index contributed by atoms with van der Waals surface area (Å²) in [6, 6.07) is 1.85. The molecule has 1 aliphatic carbocycles. The predicted molar refractivity (Wildman–Crippen MR) is 82.3 cm³/mol. The van der Waals surface area contributed by atoms with Gasteiger partial charge in [-0.3, -0.25) is 0 Å². The van der Waals surface area contributed by atoms with Gasteiger partial charge in [-0.25, -0.2) is 4.98 Å². The van der Waals surface area contributed by atoms with Crippen molar-refractivity contribution in [1.29, 1.82) is 0 Å². The number of anilines is 1. The molecule has 1 aliphatic rings. The van der Waals surface area contributed by atoms with E-state index in [2.05, 4.69) is 4.98 Å². The zero-order valence-corrected chi connectivity index (χ0v) is 12.6. The predicted octanol–water partition coefficient (Wildman–Crippen LogP) is 2.96. The Hall–Kier alpha value is -1.13. The number of hydrogen-bond acceptors (Lipinski definition) is 4. The minimum absolute atomic E-state index is 0.0474. The molecule has 0 spiro atoms. The van der Waals surface area contributed by atoms with Gasteiger partial charge >= 0.3 is 0 Å². The number of aryl methyl sites for hydroxylation is 1.